The minimum atomic E-state index is -4.37. The Morgan fingerprint density at radius 2 is 0.699 bits per heavy atom. The number of nitrogens with zero attached hydrogens (tertiary/aromatic N) is 1. The second-order valence-corrected chi connectivity index (χ2v) is 27.4. The van der Waals surface area contributed by atoms with Gasteiger partial charge in [0.2, 0.25) is 5.91 Å². The number of hydrogen-bond donors (Lipinski definition) is 3. The van der Waals surface area contributed by atoms with Gasteiger partial charge in [0.1, 0.15) is 13.2 Å². The number of nitrogens with one attached hydrogen (secondary N) is 1. The molecule has 0 aliphatic rings. The zero-order chi connectivity index (χ0) is 60.5. The maximum Gasteiger partial charge on any atom is 0.472 e. The van der Waals surface area contributed by atoms with Gasteiger partial charge in [0.05, 0.1) is 39.9 Å². The Hall–Kier alpha value is -1.80. The van der Waals surface area contributed by atoms with E-state index in [0.29, 0.717) is 17.4 Å². The van der Waals surface area contributed by atoms with Crippen molar-refractivity contribution in [2.24, 2.45) is 0 Å². The molecule has 1 amide bonds. The number of carbonyl (C=O) groups is 1. The topological polar surface area (TPSA) is 105 Å². The number of aliphatic hydroxyl groups excluding tert-OH is 1. The van der Waals surface area contributed by atoms with E-state index in [-0.39, 0.29) is 19.1 Å². The van der Waals surface area contributed by atoms with Crippen molar-refractivity contribution in [2.75, 3.05) is 40.9 Å². The molecule has 3 atom stereocenters. The SMILES string of the molecule is CCCCCCC/C=C\C/C=C\CCCCCCCCCCCCCCCCCCCCCCCCCCCC(=O)NC(COP(=O)(O)OCC[N+](C)(C)C)C(O)/C=C/CC/C=C/CC/C=C/CCCCCCCCCCCCCCCC. The average Bonchev–Trinajstić information content (AvgIpc) is 3.50. The fraction of sp³-hybridized carbons (Fsp3) is 0.851. The molecule has 0 aromatic carbocycles. The fourth-order valence-electron chi connectivity index (χ4n) is 10.8. The highest BCUT2D eigenvalue weighted by Gasteiger charge is 2.28. The molecule has 3 unspecified atom stereocenters. The molecule has 0 heterocycles. The number of likely N-dealkylation sites (N-methyl/N-ethyl adjacent to an activating group) is 1. The van der Waals surface area contributed by atoms with Crippen molar-refractivity contribution >= 4 is 13.7 Å². The van der Waals surface area contributed by atoms with E-state index in [1.165, 1.54) is 283 Å². The predicted octanol–water partition coefficient (Wildman–Crippen LogP) is 23.2. The molecule has 488 valence electrons. The molecule has 0 rings (SSSR count). The second-order valence-electron chi connectivity index (χ2n) is 25.9. The molecule has 3 N–H and O–H groups in total. The highest BCUT2D eigenvalue weighted by atomic mass is 31.2. The van der Waals surface area contributed by atoms with E-state index >= 15 is 0 Å². The summed E-state index contributed by atoms with van der Waals surface area (Å²) in [5.74, 6) is -0.185. The van der Waals surface area contributed by atoms with Gasteiger partial charge in [-0.3, -0.25) is 13.8 Å². The Labute approximate surface area is 517 Å². The van der Waals surface area contributed by atoms with Gasteiger partial charge >= 0.3 is 7.82 Å². The van der Waals surface area contributed by atoms with E-state index in [2.05, 4.69) is 67.8 Å². The molecule has 0 spiro atoms. The van der Waals surface area contributed by atoms with E-state index < -0.39 is 20.0 Å². The molecule has 0 aromatic heterocycles. The first-order valence-electron chi connectivity index (χ1n) is 36.2. The largest absolute Gasteiger partial charge is 0.472 e. The molecule has 0 bridgehead atoms. The zero-order valence-electron chi connectivity index (χ0n) is 55.9. The normalized spacial score (nSPS) is 14.0. The number of quaternary nitrogens is 1. The maximum atomic E-state index is 13.0. The van der Waals surface area contributed by atoms with Gasteiger partial charge in [0.15, 0.2) is 0 Å². The summed E-state index contributed by atoms with van der Waals surface area (Å²) in [6.45, 7) is 4.82. The summed E-state index contributed by atoms with van der Waals surface area (Å²) in [6.07, 6.45) is 89.6. The lowest BCUT2D eigenvalue weighted by Crippen LogP contribution is -2.45. The lowest BCUT2D eigenvalue weighted by molar-refractivity contribution is -0.870. The third-order valence-electron chi connectivity index (χ3n) is 16.4. The van der Waals surface area contributed by atoms with E-state index in [1.54, 1.807) is 6.08 Å². The van der Waals surface area contributed by atoms with Crippen molar-refractivity contribution in [3.8, 4) is 0 Å². The summed E-state index contributed by atoms with van der Waals surface area (Å²) in [7, 11) is 1.56. The average molecular weight is 1190 g/mol. The Kier molecular flexibility index (Phi) is 63.3. The van der Waals surface area contributed by atoms with Gasteiger partial charge < -0.3 is 19.8 Å². The molecule has 0 radical (unpaired) electrons. The molecule has 8 nitrogen and oxygen atoms in total. The minimum Gasteiger partial charge on any atom is -0.387 e. The zero-order valence-corrected chi connectivity index (χ0v) is 56.8. The first kappa shape index (κ1) is 81.2. The van der Waals surface area contributed by atoms with Crippen molar-refractivity contribution in [1.82, 2.24) is 5.32 Å². The van der Waals surface area contributed by atoms with Crippen LogP contribution in [0.25, 0.3) is 0 Å². The Morgan fingerprint density at radius 3 is 1.04 bits per heavy atom. The maximum absolute atomic E-state index is 13.0. The summed E-state index contributed by atoms with van der Waals surface area (Å²) in [6, 6.07) is -0.871. The number of amides is 1. The molecule has 83 heavy (non-hydrogen) atoms. The summed E-state index contributed by atoms with van der Waals surface area (Å²) >= 11 is 0. The molecular formula is C74H142N2O6P+. The first-order valence-corrected chi connectivity index (χ1v) is 37.7. The molecule has 0 saturated carbocycles. The summed E-state index contributed by atoms with van der Waals surface area (Å²) < 4.78 is 23.8. The van der Waals surface area contributed by atoms with E-state index in [9.17, 15) is 19.4 Å². The Morgan fingerprint density at radius 1 is 0.410 bits per heavy atom. The van der Waals surface area contributed by atoms with Crippen LogP contribution >= 0.6 is 7.82 Å². The summed E-state index contributed by atoms with van der Waals surface area (Å²) in [4.78, 5) is 23.4. The van der Waals surface area contributed by atoms with Crippen LogP contribution in [0.15, 0.2) is 60.8 Å². The third kappa shape index (κ3) is 67.6. The second kappa shape index (κ2) is 64.7. The van der Waals surface area contributed by atoms with Crippen molar-refractivity contribution in [2.45, 2.75) is 366 Å². The van der Waals surface area contributed by atoms with Crippen LogP contribution in [0.1, 0.15) is 354 Å². The Balaban J connectivity index is 4.02. The van der Waals surface area contributed by atoms with Gasteiger partial charge in [0.25, 0.3) is 0 Å². The van der Waals surface area contributed by atoms with Gasteiger partial charge in [-0.1, -0.05) is 331 Å². The van der Waals surface area contributed by atoms with Crippen molar-refractivity contribution in [3.63, 3.8) is 0 Å². The van der Waals surface area contributed by atoms with E-state index in [1.807, 2.05) is 27.2 Å². The number of phosphoric ester groups is 1. The first-order chi connectivity index (χ1) is 40.5. The number of aliphatic hydroxyl groups is 1. The number of carbonyl (C=O) groups excluding carboxylic acids is 1. The van der Waals surface area contributed by atoms with Gasteiger partial charge in [-0.15, -0.1) is 0 Å². The molecule has 9 heteroatoms. The van der Waals surface area contributed by atoms with Crippen LogP contribution in [0.4, 0.5) is 0 Å². The summed E-state index contributed by atoms with van der Waals surface area (Å²) in [5.41, 5.74) is 0. The minimum absolute atomic E-state index is 0.0540. The quantitative estimate of drug-likeness (QED) is 0.0243. The van der Waals surface area contributed by atoms with Gasteiger partial charge in [-0.2, -0.15) is 0 Å². The van der Waals surface area contributed by atoms with Crippen LogP contribution in [-0.2, 0) is 18.4 Å². The number of hydrogen-bond acceptors (Lipinski definition) is 5. The fourth-order valence-corrected chi connectivity index (χ4v) is 11.6. The van der Waals surface area contributed by atoms with Crippen molar-refractivity contribution < 1.29 is 32.9 Å². The third-order valence-corrected chi connectivity index (χ3v) is 17.4. The smallest absolute Gasteiger partial charge is 0.387 e. The van der Waals surface area contributed by atoms with Crippen LogP contribution in [0.5, 0.6) is 0 Å². The molecule has 0 fully saturated rings. The van der Waals surface area contributed by atoms with Crippen molar-refractivity contribution in [1.29, 1.82) is 0 Å². The van der Waals surface area contributed by atoms with Gasteiger partial charge in [-0.25, -0.2) is 4.57 Å². The number of rotatable bonds is 67. The molecular weight excluding hydrogens is 1040 g/mol. The Bertz CT molecular complexity index is 1540. The van der Waals surface area contributed by atoms with Crippen LogP contribution in [0, 0.1) is 0 Å². The van der Waals surface area contributed by atoms with Crippen LogP contribution < -0.4 is 5.32 Å². The monoisotopic (exact) mass is 1190 g/mol. The van der Waals surface area contributed by atoms with Gasteiger partial charge in [-0.05, 0) is 77.0 Å². The number of unbranched alkanes of at least 4 members (excludes halogenated alkanes) is 46. The molecule has 0 aliphatic carbocycles. The molecule has 0 aliphatic heterocycles. The van der Waals surface area contributed by atoms with E-state index in [0.717, 1.165) is 51.4 Å². The highest BCUT2D eigenvalue weighted by Crippen LogP contribution is 2.43. The van der Waals surface area contributed by atoms with Gasteiger partial charge in [0, 0.05) is 6.42 Å². The molecule has 0 aromatic rings. The standard InChI is InChI=1S/C74H141N2O6P/c1-6-8-10-12-14-16-18-20-22-24-26-28-30-32-33-34-35-36-37-38-39-40-41-42-43-44-46-48-50-52-54-56-58-60-62-64-66-68-74(78)75-72(71-82-83(79,80)81-70-69-76(3,4)5)73(77)67-65-63-61-59-57-55-53-51-49-47-45-31-29-27-25-23-21-19-17-15-13-11-9-7-2/h18,20,24,26,49,51,57,59,65,67,72-73,77H,6-17,19,21-23,25,27-48,50,52-56,58,60-64,66,68-71H2,1-5H3,(H-,75,78,79,80)/p+1/b20-18-,26-24-,51-49+,59-57+,67-65+. The summed E-state index contributed by atoms with van der Waals surface area (Å²) in [5, 5.41) is 14.0. The number of allylic oxidation sites excluding steroid dienone is 9. The predicted molar refractivity (Wildman–Crippen MR) is 364 cm³/mol. The van der Waals surface area contributed by atoms with E-state index in [4.69, 9.17) is 9.05 Å². The van der Waals surface area contributed by atoms with Crippen LogP contribution in [0.3, 0.4) is 0 Å². The molecule has 0 saturated heterocycles. The van der Waals surface area contributed by atoms with Crippen molar-refractivity contribution in [3.05, 3.63) is 60.8 Å². The highest BCUT2D eigenvalue weighted by molar-refractivity contribution is 7.47. The number of phosphoric acid groups is 1. The lowest BCUT2D eigenvalue weighted by Gasteiger charge is -2.25. The van der Waals surface area contributed by atoms with Crippen LogP contribution in [-0.4, -0.2) is 73.4 Å². The lowest BCUT2D eigenvalue weighted by atomic mass is 10.0. The van der Waals surface area contributed by atoms with Crippen LogP contribution in [0.2, 0.25) is 0 Å².